The lowest BCUT2D eigenvalue weighted by molar-refractivity contribution is -0.116. The molecule has 1 heterocycles. The Bertz CT molecular complexity index is 528. The van der Waals surface area contributed by atoms with Crippen LogP contribution in [0.1, 0.15) is 5.56 Å². The number of Topliss-reactive ketones (excluding diaryl/α,β-unsaturated/α-hetero) is 1. The number of thioether (sulfide) groups is 1. The summed E-state index contributed by atoms with van der Waals surface area (Å²) in [7, 11) is 0. The quantitative estimate of drug-likeness (QED) is 0.837. The zero-order valence-corrected chi connectivity index (χ0v) is 10.7. The standard InChI is InChI=1S/C14H14N2OS/c15-14-9-11(6-7-16-14)8-12(17)10-18-13-4-2-1-3-5-13/h1-7,9H,8,10H2,(H2,15,16). The molecule has 2 N–H and O–H groups in total. The first-order valence-corrected chi connectivity index (χ1v) is 6.62. The highest BCUT2D eigenvalue weighted by molar-refractivity contribution is 8.00. The number of hydrogen-bond acceptors (Lipinski definition) is 4. The summed E-state index contributed by atoms with van der Waals surface area (Å²) in [6.45, 7) is 0. The highest BCUT2D eigenvalue weighted by Crippen LogP contribution is 2.17. The number of anilines is 1. The van der Waals surface area contributed by atoms with Gasteiger partial charge in [-0.25, -0.2) is 4.98 Å². The van der Waals surface area contributed by atoms with Gasteiger partial charge in [0.15, 0.2) is 0 Å². The molecule has 0 aliphatic heterocycles. The maximum Gasteiger partial charge on any atom is 0.147 e. The summed E-state index contributed by atoms with van der Waals surface area (Å²) in [5, 5.41) is 0. The fourth-order valence-electron chi connectivity index (χ4n) is 1.56. The van der Waals surface area contributed by atoms with Gasteiger partial charge >= 0.3 is 0 Å². The molecule has 1 aromatic carbocycles. The fraction of sp³-hybridized carbons (Fsp3) is 0.143. The molecule has 2 aromatic rings. The van der Waals surface area contributed by atoms with Gasteiger partial charge in [0.1, 0.15) is 11.6 Å². The number of nitrogens with two attached hydrogens (primary N) is 1. The number of aromatic nitrogens is 1. The van der Waals surface area contributed by atoms with Crippen LogP contribution in [0.3, 0.4) is 0 Å². The number of rotatable bonds is 5. The Balaban J connectivity index is 1.86. The number of hydrogen-bond donors (Lipinski definition) is 1. The summed E-state index contributed by atoms with van der Waals surface area (Å²) in [5.41, 5.74) is 6.49. The number of ketones is 1. The van der Waals surface area contributed by atoms with E-state index in [4.69, 9.17) is 5.73 Å². The second-order valence-electron chi connectivity index (χ2n) is 3.91. The Labute approximate surface area is 110 Å². The van der Waals surface area contributed by atoms with Crippen LogP contribution in [-0.4, -0.2) is 16.5 Å². The van der Waals surface area contributed by atoms with Crippen LogP contribution in [0.5, 0.6) is 0 Å². The van der Waals surface area contributed by atoms with E-state index < -0.39 is 0 Å². The lowest BCUT2D eigenvalue weighted by atomic mass is 10.1. The highest BCUT2D eigenvalue weighted by atomic mass is 32.2. The molecule has 0 atom stereocenters. The normalized spacial score (nSPS) is 10.2. The molecule has 0 bridgehead atoms. The van der Waals surface area contributed by atoms with Crippen molar-refractivity contribution in [2.75, 3.05) is 11.5 Å². The molecule has 2 rings (SSSR count). The van der Waals surface area contributed by atoms with Gasteiger partial charge < -0.3 is 5.73 Å². The van der Waals surface area contributed by atoms with E-state index in [0.717, 1.165) is 10.5 Å². The third-order valence-corrected chi connectivity index (χ3v) is 3.46. The van der Waals surface area contributed by atoms with Crippen LogP contribution in [0.2, 0.25) is 0 Å². The number of benzene rings is 1. The molecule has 0 fully saturated rings. The summed E-state index contributed by atoms with van der Waals surface area (Å²) in [6, 6.07) is 13.5. The maximum atomic E-state index is 11.8. The Morgan fingerprint density at radius 1 is 1.22 bits per heavy atom. The zero-order chi connectivity index (χ0) is 12.8. The Kier molecular flexibility index (Phi) is 4.36. The van der Waals surface area contributed by atoms with E-state index in [1.165, 1.54) is 0 Å². The minimum Gasteiger partial charge on any atom is -0.384 e. The van der Waals surface area contributed by atoms with Crippen molar-refractivity contribution in [3.05, 3.63) is 54.2 Å². The van der Waals surface area contributed by atoms with Crippen LogP contribution in [0.15, 0.2) is 53.6 Å². The fourth-order valence-corrected chi connectivity index (χ4v) is 2.34. The first kappa shape index (κ1) is 12.6. The second-order valence-corrected chi connectivity index (χ2v) is 4.95. The van der Waals surface area contributed by atoms with Crippen molar-refractivity contribution in [1.29, 1.82) is 0 Å². The molecule has 92 valence electrons. The van der Waals surface area contributed by atoms with E-state index in [2.05, 4.69) is 4.98 Å². The summed E-state index contributed by atoms with van der Waals surface area (Å²) >= 11 is 1.56. The number of pyridine rings is 1. The minimum absolute atomic E-state index is 0.189. The second kappa shape index (κ2) is 6.21. The van der Waals surface area contributed by atoms with Crippen LogP contribution < -0.4 is 5.73 Å². The van der Waals surface area contributed by atoms with Crippen LogP contribution in [0.25, 0.3) is 0 Å². The van der Waals surface area contributed by atoms with E-state index in [1.54, 1.807) is 24.0 Å². The van der Waals surface area contributed by atoms with E-state index in [0.29, 0.717) is 18.0 Å². The molecule has 0 saturated carbocycles. The summed E-state index contributed by atoms with van der Waals surface area (Å²) < 4.78 is 0. The van der Waals surface area contributed by atoms with Crippen molar-refractivity contribution in [3.8, 4) is 0 Å². The molecule has 0 amide bonds. The molecular weight excluding hydrogens is 244 g/mol. The third kappa shape index (κ3) is 3.89. The van der Waals surface area contributed by atoms with Crippen molar-refractivity contribution in [2.45, 2.75) is 11.3 Å². The summed E-state index contributed by atoms with van der Waals surface area (Å²) in [6.07, 6.45) is 2.04. The molecular formula is C14H14N2OS. The maximum absolute atomic E-state index is 11.8. The molecule has 0 radical (unpaired) electrons. The van der Waals surface area contributed by atoms with Gasteiger partial charge in [-0.1, -0.05) is 18.2 Å². The molecule has 1 aromatic heterocycles. The van der Waals surface area contributed by atoms with Crippen molar-refractivity contribution in [3.63, 3.8) is 0 Å². The van der Waals surface area contributed by atoms with Crippen LogP contribution >= 0.6 is 11.8 Å². The molecule has 4 heteroatoms. The van der Waals surface area contributed by atoms with E-state index in [1.807, 2.05) is 36.4 Å². The van der Waals surface area contributed by atoms with Crippen LogP contribution in [-0.2, 0) is 11.2 Å². The molecule has 3 nitrogen and oxygen atoms in total. The van der Waals surface area contributed by atoms with Crippen molar-refractivity contribution < 1.29 is 4.79 Å². The molecule has 0 saturated heterocycles. The number of carbonyl (C=O) groups is 1. The summed E-state index contributed by atoms with van der Waals surface area (Å²) in [4.78, 5) is 16.8. The highest BCUT2D eigenvalue weighted by Gasteiger charge is 2.05. The van der Waals surface area contributed by atoms with Gasteiger partial charge in [-0.05, 0) is 29.8 Å². The molecule has 0 spiro atoms. The van der Waals surface area contributed by atoms with Gasteiger partial charge in [-0.2, -0.15) is 0 Å². The Morgan fingerprint density at radius 3 is 2.72 bits per heavy atom. The summed E-state index contributed by atoms with van der Waals surface area (Å²) in [5.74, 6) is 1.12. The van der Waals surface area contributed by atoms with E-state index >= 15 is 0 Å². The van der Waals surface area contributed by atoms with Crippen LogP contribution in [0.4, 0.5) is 5.82 Å². The first-order chi connectivity index (χ1) is 8.74. The number of nitrogens with zero attached hydrogens (tertiary/aromatic N) is 1. The monoisotopic (exact) mass is 258 g/mol. The number of nitrogen functional groups attached to an aromatic ring is 1. The first-order valence-electron chi connectivity index (χ1n) is 5.64. The average Bonchev–Trinajstić information content (AvgIpc) is 2.38. The predicted octanol–water partition coefficient (Wildman–Crippen LogP) is 2.57. The molecule has 0 aliphatic carbocycles. The van der Waals surface area contributed by atoms with Gasteiger partial charge in [0.25, 0.3) is 0 Å². The van der Waals surface area contributed by atoms with Gasteiger partial charge in [0.05, 0.1) is 5.75 Å². The third-order valence-electron chi connectivity index (χ3n) is 2.39. The van der Waals surface area contributed by atoms with Crippen LogP contribution in [0, 0.1) is 0 Å². The SMILES string of the molecule is Nc1cc(CC(=O)CSc2ccccc2)ccn1. The lowest BCUT2D eigenvalue weighted by Gasteiger charge is -2.02. The molecule has 0 aliphatic rings. The molecule has 0 unspecified atom stereocenters. The largest absolute Gasteiger partial charge is 0.384 e. The predicted molar refractivity (Wildman–Crippen MR) is 74.5 cm³/mol. The van der Waals surface area contributed by atoms with Gasteiger partial charge in [-0.15, -0.1) is 11.8 Å². The van der Waals surface area contributed by atoms with Gasteiger partial charge in [0, 0.05) is 17.5 Å². The smallest absolute Gasteiger partial charge is 0.147 e. The van der Waals surface area contributed by atoms with Crippen molar-refractivity contribution in [1.82, 2.24) is 4.98 Å². The van der Waals surface area contributed by atoms with E-state index in [9.17, 15) is 4.79 Å². The Hall–Kier alpha value is -1.81. The lowest BCUT2D eigenvalue weighted by Crippen LogP contribution is -2.06. The molecule has 18 heavy (non-hydrogen) atoms. The van der Waals surface area contributed by atoms with Crippen molar-refractivity contribution >= 4 is 23.4 Å². The zero-order valence-electron chi connectivity index (χ0n) is 9.87. The van der Waals surface area contributed by atoms with Gasteiger partial charge in [0.2, 0.25) is 0 Å². The minimum atomic E-state index is 0.189. The van der Waals surface area contributed by atoms with Gasteiger partial charge in [-0.3, -0.25) is 4.79 Å². The van der Waals surface area contributed by atoms with E-state index in [-0.39, 0.29) is 5.78 Å². The van der Waals surface area contributed by atoms with Crippen molar-refractivity contribution in [2.24, 2.45) is 0 Å². The Morgan fingerprint density at radius 2 is 2.00 bits per heavy atom. The number of carbonyl (C=O) groups excluding carboxylic acids is 1. The average molecular weight is 258 g/mol. The topological polar surface area (TPSA) is 56.0 Å².